The maximum Gasteiger partial charge on any atom is 0.295 e. The van der Waals surface area contributed by atoms with E-state index in [-0.39, 0.29) is 0 Å². The number of methoxy groups -OCH3 is 1. The lowest BCUT2D eigenvalue weighted by Crippen LogP contribution is -1.82. The Hall–Kier alpha value is -1.58. The average molecular weight is 163 g/mol. The van der Waals surface area contributed by atoms with Crippen LogP contribution in [0.4, 0.5) is 0 Å². The first-order valence-electron chi connectivity index (χ1n) is 3.66. The molecule has 12 heavy (non-hydrogen) atoms. The van der Waals surface area contributed by atoms with E-state index in [0.29, 0.717) is 11.7 Å². The minimum atomic E-state index is 0.506. The molecule has 0 atom stereocenters. The zero-order chi connectivity index (χ0) is 8.55. The van der Waals surface area contributed by atoms with Crippen LogP contribution in [0.1, 0.15) is 5.56 Å². The summed E-state index contributed by atoms with van der Waals surface area (Å²) in [6, 6.07) is 2.44. The Bertz CT molecular complexity index is 408. The number of nitrogens with one attached hydrogen (secondary N) is 1. The Labute approximate surface area is 69.6 Å². The number of fused-ring (bicyclic) bond motifs is 1. The second-order valence-electron chi connectivity index (χ2n) is 2.57. The summed E-state index contributed by atoms with van der Waals surface area (Å²) < 4.78 is 4.95. The minimum absolute atomic E-state index is 0.506. The molecule has 0 aromatic carbocycles. The van der Waals surface area contributed by atoms with Crippen LogP contribution in [0, 0.1) is 6.92 Å². The number of H-pyrrole nitrogens is 1. The van der Waals surface area contributed by atoms with Gasteiger partial charge in [0.15, 0.2) is 5.65 Å². The lowest BCUT2D eigenvalue weighted by molar-refractivity contribution is 0.385. The summed E-state index contributed by atoms with van der Waals surface area (Å²) in [6.45, 7) is 2.00. The van der Waals surface area contributed by atoms with E-state index in [1.165, 1.54) is 0 Å². The number of ether oxygens (including phenoxy) is 1. The molecule has 2 aromatic heterocycles. The van der Waals surface area contributed by atoms with Crippen LogP contribution in [-0.4, -0.2) is 22.1 Å². The number of pyridine rings is 1. The molecule has 0 saturated heterocycles. The molecule has 0 amide bonds. The molecular formula is C8H9N3O. The van der Waals surface area contributed by atoms with Crippen molar-refractivity contribution in [1.29, 1.82) is 0 Å². The molecule has 1 N–H and O–H groups in total. The molecule has 0 unspecified atom stereocenters. The van der Waals surface area contributed by atoms with Crippen LogP contribution in [-0.2, 0) is 0 Å². The van der Waals surface area contributed by atoms with Crippen molar-refractivity contribution in [2.75, 3.05) is 7.11 Å². The van der Waals surface area contributed by atoms with Gasteiger partial charge in [0.2, 0.25) is 0 Å². The predicted molar refractivity (Wildman–Crippen MR) is 45.2 cm³/mol. The average Bonchev–Trinajstić information content (AvgIpc) is 2.49. The molecule has 2 rings (SSSR count). The lowest BCUT2D eigenvalue weighted by Gasteiger charge is -1.90. The van der Waals surface area contributed by atoms with E-state index < -0.39 is 0 Å². The highest BCUT2D eigenvalue weighted by molar-refractivity contribution is 5.74. The number of hydrogen-bond donors (Lipinski definition) is 1. The monoisotopic (exact) mass is 163 g/mol. The highest BCUT2D eigenvalue weighted by atomic mass is 16.5. The molecule has 0 spiro atoms. The standard InChI is InChI=1S/C8H9N3O/c1-5-3-4-9-7-6(5)10-8(11-7)12-2/h3-4H,1-2H3,(H,9,10,11). The van der Waals surface area contributed by atoms with Crippen LogP contribution in [0.15, 0.2) is 12.3 Å². The SMILES string of the molecule is COc1nc2nccc(C)c2[nH]1. The van der Waals surface area contributed by atoms with Crippen LogP contribution in [0.3, 0.4) is 0 Å². The summed E-state index contributed by atoms with van der Waals surface area (Å²) in [4.78, 5) is 11.2. The molecule has 4 heteroatoms. The summed E-state index contributed by atoms with van der Waals surface area (Å²) in [5.41, 5.74) is 2.76. The van der Waals surface area contributed by atoms with E-state index in [1.807, 2.05) is 13.0 Å². The number of imidazole rings is 1. The fourth-order valence-corrected chi connectivity index (χ4v) is 1.11. The van der Waals surface area contributed by atoms with Gasteiger partial charge in [-0.2, -0.15) is 4.98 Å². The maximum absolute atomic E-state index is 4.95. The fraction of sp³-hybridized carbons (Fsp3) is 0.250. The lowest BCUT2D eigenvalue weighted by atomic mass is 10.3. The van der Waals surface area contributed by atoms with Gasteiger partial charge < -0.3 is 9.72 Å². The zero-order valence-electron chi connectivity index (χ0n) is 6.96. The molecule has 0 aliphatic rings. The van der Waals surface area contributed by atoms with E-state index in [2.05, 4.69) is 15.0 Å². The van der Waals surface area contributed by atoms with Gasteiger partial charge in [0, 0.05) is 6.20 Å². The Kier molecular flexibility index (Phi) is 1.46. The van der Waals surface area contributed by atoms with Gasteiger partial charge in [-0.15, -0.1) is 0 Å². The second kappa shape index (κ2) is 2.48. The van der Waals surface area contributed by atoms with Gasteiger partial charge in [-0.25, -0.2) is 4.98 Å². The second-order valence-corrected chi connectivity index (χ2v) is 2.57. The number of rotatable bonds is 1. The predicted octanol–water partition coefficient (Wildman–Crippen LogP) is 1.27. The number of nitrogens with zero attached hydrogens (tertiary/aromatic N) is 2. The Morgan fingerprint density at radius 3 is 3.00 bits per heavy atom. The van der Waals surface area contributed by atoms with E-state index in [0.717, 1.165) is 11.1 Å². The third-order valence-electron chi connectivity index (χ3n) is 1.77. The Morgan fingerprint density at radius 1 is 1.50 bits per heavy atom. The van der Waals surface area contributed by atoms with Gasteiger partial charge in [0.05, 0.1) is 12.6 Å². The van der Waals surface area contributed by atoms with E-state index in [4.69, 9.17) is 4.74 Å². The van der Waals surface area contributed by atoms with Gasteiger partial charge in [0.1, 0.15) is 0 Å². The normalized spacial score (nSPS) is 10.5. The highest BCUT2D eigenvalue weighted by Crippen LogP contribution is 2.15. The van der Waals surface area contributed by atoms with Crippen molar-refractivity contribution in [3.63, 3.8) is 0 Å². The number of aryl methyl sites for hydroxylation is 1. The van der Waals surface area contributed by atoms with Gasteiger partial charge in [0.25, 0.3) is 6.01 Å². The van der Waals surface area contributed by atoms with Crippen molar-refractivity contribution in [2.24, 2.45) is 0 Å². The maximum atomic E-state index is 4.95. The summed E-state index contributed by atoms with van der Waals surface area (Å²) >= 11 is 0. The Morgan fingerprint density at radius 2 is 2.33 bits per heavy atom. The van der Waals surface area contributed by atoms with Crippen LogP contribution in [0.5, 0.6) is 6.01 Å². The number of aromatic amines is 1. The van der Waals surface area contributed by atoms with Crippen molar-refractivity contribution < 1.29 is 4.74 Å². The largest absolute Gasteiger partial charge is 0.468 e. The van der Waals surface area contributed by atoms with Crippen molar-refractivity contribution >= 4 is 11.2 Å². The van der Waals surface area contributed by atoms with Crippen molar-refractivity contribution in [1.82, 2.24) is 15.0 Å². The van der Waals surface area contributed by atoms with Crippen LogP contribution in [0.25, 0.3) is 11.2 Å². The summed E-state index contributed by atoms with van der Waals surface area (Å²) in [5, 5.41) is 0. The van der Waals surface area contributed by atoms with Crippen molar-refractivity contribution in [2.45, 2.75) is 6.92 Å². The molecule has 0 saturated carbocycles. The van der Waals surface area contributed by atoms with E-state index in [9.17, 15) is 0 Å². The smallest absolute Gasteiger partial charge is 0.295 e. The van der Waals surface area contributed by atoms with Gasteiger partial charge >= 0.3 is 0 Å². The molecule has 0 aliphatic carbocycles. The summed E-state index contributed by atoms with van der Waals surface area (Å²) in [7, 11) is 1.58. The third-order valence-corrected chi connectivity index (χ3v) is 1.77. The summed E-state index contributed by atoms with van der Waals surface area (Å²) in [5.74, 6) is 0. The number of hydrogen-bond acceptors (Lipinski definition) is 3. The molecule has 62 valence electrons. The minimum Gasteiger partial charge on any atom is -0.468 e. The highest BCUT2D eigenvalue weighted by Gasteiger charge is 2.04. The first-order chi connectivity index (χ1) is 5.81. The topological polar surface area (TPSA) is 50.8 Å². The van der Waals surface area contributed by atoms with Gasteiger partial charge in [-0.05, 0) is 18.6 Å². The Balaban J connectivity index is 2.74. The molecule has 2 aromatic rings. The molecule has 0 aliphatic heterocycles. The first-order valence-corrected chi connectivity index (χ1v) is 3.66. The quantitative estimate of drug-likeness (QED) is 0.688. The summed E-state index contributed by atoms with van der Waals surface area (Å²) in [6.07, 6.45) is 1.73. The van der Waals surface area contributed by atoms with E-state index in [1.54, 1.807) is 13.3 Å². The van der Waals surface area contributed by atoms with Crippen LogP contribution >= 0.6 is 0 Å². The van der Waals surface area contributed by atoms with Gasteiger partial charge in [-0.1, -0.05) is 0 Å². The van der Waals surface area contributed by atoms with E-state index >= 15 is 0 Å². The van der Waals surface area contributed by atoms with Crippen molar-refractivity contribution in [3.05, 3.63) is 17.8 Å². The van der Waals surface area contributed by atoms with Crippen LogP contribution in [0.2, 0.25) is 0 Å². The van der Waals surface area contributed by atoms with Crippen molar-refractivity contribution in [3.8, 4) is 6.01 Å². The van der Waals surface area contributed by atoms with Crippen LogP contribution < -0.4 is 4.74 Å². The molecule has 4 nitrogen and oxygen atoms in total. The third kappa shape index (κ3) is 0.922. The number of aromatic nitrogens is 3. The molecule has 2 heterocycles. The molecule has 0 bridgehead atoms. The molecule has 0 fully saturated rings. The van der Waals surface area contributed by atoms with Gasteiger partial charge in [-0.3, -0.25) is 0 Å². The zero-order valence-corrected chi connectivity index (χ0v) is 6.96. The molecular weight excluding hydrogens is 154 g/mol. The molecule has 0 radical (unpaired) electrons. The fourth-order valence-electron chi connectivity index (χ4n) is 1.11. The first kappa shape index (κ1) is 7.09.